The van der Waals surface area contributed by atoms with Crippen LogP contribution in [0.1, 0.15) is 5.69 Å². The summed E-state index contributed by atoms with van der Waals surface area (Å²) in [7, 11) is 0. The topological polar surface area (TPSA) is 46.0 Å². The highest BCUT2D eigenvalue weighted by Gasteiger charge is 2.15. The monoisotopic (exact) mass is 672 g/mol. The normalized spacial score (nSPS) is 11.3. The van der Waals surface area contributed by atoms with Crippen molar-refractivity contribution in [2.75, 3.05) is 0 Å². The number of fused-ring (bicyclic) bond motifs is 3. The zero-order chi connectivity index (χ0) is 34.3. The van der Waals surface area contributed by atoms with Gasteiger partial charge in [-0.15, -0.1) is 11.3 Å². The molecule has 9 rings (SSSR count). The maximum atomic E-state index is 11.3. The van der Waals surface area contributed by atoms with Crippen molar-refractivity contribution in [2.24, 2.45) is 0 Å². The molecule has 1 N–H and O–H groups in total. The van der Waals surface area contributed by atoms with Crippen LogP contribution >= 0.6 is 11.3 Å². The molecule has 6 aromatic carbocycles. The van der Waals surface area contributed by atoms with Crippen LogP contribution in [-0.2, 0) is 0 Å². The number of thiophene rings is 1. The summed E-state index contributed by atoms with van der Waals surface area (Å²) in [6.07, 6.45) is 0. The van der Waals surface area contributed by atoms with E-state index in [-0.39, 0.29) is 5.75 Å². The van der Waals surface area contributed by atoms with Crippen molar-refractivity contribution in [3.8, 4) is 72.9 Å². The summed E-state index contributed by atoms with van der Waals surface area (Å²) in [5.41, 5.74) is 12.6. The molecule has 0 saturated carbocycles. The maximum absolute atomic E-state index is 11.3. The van der Waals surface area contributed by atoms with Gasteiger partial charge in [0.15, 0.2) is 0 Å². The van der Waals surface area contributed by atoms with E-state index < -0.39 is 0 Å². The van der Waals surface area contributed by atoms with Crippen LogP contribution in [0.3, 0.4) is 0 Å². The van der Waals surface area contributed by atoms with Crippen LogP contribution in [-0.4, -0.2) is 15.1 Å². The van der Waals surface area contributed by atoms with Crippen molar-refractivity contribution >= 4 is 31.5 Å². The van der Waals surface area contributed by atoms with Crippen LogP contribution in [0.2, 0.25) is 0 Å². The Morgan fingerprint density at radius 3 is 1.78 bits per heavy atom. The Morgan fingerprint density at radius 1 is 0.412 bits per heavy atom. The van der Waals surface area contributed by atoms with Crippen molar-refractivity contribution in [2.45, 2.75) is 6.92 Å². The van der Waals surface area contributed by atoms with Crippen LogP contribution < -0.4 is 0 Å². The van der Waals surface area contributed by atoms with Gasteiger partial charge in [0.25, 0.3) is 0 Å². The number of nitrogens with zero attached hydrogens (tertiary/aromatic N) is 2. The van der Waals surface area contributed by atoms with E-state index in [1.807, 2.05) is 78.1 Å². The Kier molecular flexibility index (Phi) is 7.72. The van der Waals surface area contributed by atoms with Gasteiger partial charge in [0, 0.05) is 42.6 Å². The quantitative estimate of drug-likeness (QED) is 0.191. The highest BCUT2D eigenvalue weighted by atomic mass is 32.1. The molecule has 242 valence electrons. The lowest BCUT2D eigenvalue weighted by Gasteiger charge is -2.13. The summed E-state index contributed by atoms with van der Waals surface area (Å²) >= 11 is 1.84. The van der Waals surface area contributed by atoms with Gasteiger partial charge < -0.3 is 5.11 Å². The molecule has 0 radical (unpaired) electrons. The number of aryl methyl sites for hydroxylation is 1. The molecule has 4 heteroatoms. The number of benzene rings is 6. The molecule has 9 aromatic rings. The van der Waals surface area contributed by atoms with Gasteiger partial charge in [-0.05, 0) is 88.8 Å². The van der Waals surface area contributed by atoms with Crippen LogP contribution in [0.15, 0.2) is 170 Å². The Balaban J connectivity index is 1.14. The number of pyridine rings is 2. The fourth-order valence-electron chi connectivity index (χ4n) is 6.96. The summed E-state index contributed by atoms with van der Waals surface area (Å²) in [4.78, 5) is 10.2. The molecule has 0 aliphatic heterocycles. The first-order valence-corrected chi connectivity index (χ1v) is 17.9. The lowest BCUT2D eigenvalue weighted by molar-refractivity contribution is 0.477. The molecule has 3 nitrogen and oxygen atoms in total. The lowest BCUT2D eigenvalue weighted by atomic mass is 9.96. The van der Waals surface area contributed by atoms with E-state index in [1.54, 1.807) is 0 Å². The number of rotatable bonds is 6. The second-order valence-corrected chi connectivity index (χ2v) is 13.9. The van der Waals surface area contributed by atoms with Crippen LogP contribution in [0, 0.1) is 6.92 Å². The van der Waals surface area contributed by atoms with Gasteiger partial charge in [0.05, 0.1) is 17.1 Å². The van der Waals surface area contributed by atoms with Gasteiger partial charge in [-0.3, -0.25) is 4.98 Å². The summed E-state index contributed by atoms with van der Waals surface area (Å²) in [6.45, 7) is 2.06. The summed E-state index contributed by atoms with van der Waals surface area (Å²) < 4.78 is 2.59. The molecule has 0 fully saturated rings. The van der Waals surface area contributed by atoms with Crippen molar-refractivity contribution in [1.29, 1.82) is 0 Å². The van der Waals surface area contributed by atoms with E-state index in [9.17, 15) is 5.11 Å². The van der Waals surface area contributed by atoms with Crippen molar-refractivity contribution < 1.29 is 5.11 Å². The number of phenols is 1. The Labute approximate surface area is 300 Å². The Morgan fingerprint density at radius 2 is 1.02 bits per heavy atom. The van der Waals surface area contributed by atoms with Gasteiger partial charge in [-0.25, -0.2) is 4.98 Å². The lowest BCUT2D eigenvalue weighted by Crippen LogP contribution is -1.93. The summed E-state index contributed by atoms with van der Waals surface area (Å²) in [5, 5.41) is 13.9. The number of aromatic nitrogens is 2. The van der Waals surface area contributed by atoms with Gasteiger partial charge in [0.2, 0.25) is 0 Å². The fourth-order valence-corrected chi connectivity index (χ4v) is 8.19. The molecule has 0 atom stereocenters. The van der Waals surface area contributed by atoms with Crippen molar-refractivity contribution in [3.05, 3.63) is 176 Å². The third kappa shape index (κ3) is 5.86. The fraction of sp³-hybridized carbons (Fsp3) is 0.0213. The maximum Gasteiger partial charge on any atom is 0.125 e. The predicted molar refractivity (Wildman–Crippen MR) is 214 cm³/mol. The molecule has 0 unspecified atom stereocenters. The Hall–Kier alpha value is -6.36. The van der Waals surface area contributed by atoms with Crippen LogP contribution in [0.25, 0.3) is 87.3 Å². The molecule has 3 aromatic heterocycles. The van der Waals surface area contributed by atoms with Crippen molar-refractivity contribution in [1.82, 2.24) is 9.97 Å². The SMILES string of the molecule is Cc1cc(-c2cccc3c2sc2ccccc23)cc(-c2cccc(-c3cc(-c4ccccc4)cc(-c4ccc(-c5ccccc5)cc4O)n3)c2)n1. The molecule has 0 amide bonds. The van der Waals surface area contributed by atoms with Gasteiger partial charge >= 0.3 is 0 Å². The highest BCUT2D eigenvalue weighted by Crippen LogP contribution is 2.41. The highest BCUT2D eigenvalue weighted by molar-refractivity contribution is 7.26. The van der Waals surface area contributed by atoms with E-state index in [1.165, 1.54) is 25.7 Å². The largest absolute Gasteiger partial charge is 0.507 e. The van der Waals surface area contributed by atoms with Gasteiger partial charge in [-0.1, -0.05) is 121 Å². The minimum absolute atomic E-state index is 0.193. The van der Waals surface area contributed by atoms with Gasteiger partial charge in [-0.2, -0.15) is 0 Å². The Bertz CT molecular complexity index is 2720. The molecule has 0 bridgehead atoms. The average Bonchev–Trinajstić information content (AvgIpc) is 3.57. The first kappa shape index (κ1) is 30.7. The van der Waals surface area contributed by atoms with Gasteiger partial charge in [0.1, 0.15) is 5.75 Å². The van der Waals surface area contributed by atoms with E-state index in [0.29, 0.717) is 11.3 Å². The zero-order valence-corrected chi connectivity index (χ0v) is 28.7. The third-order valence-corrected chi connectivity index (χ3v) is 10.7. The molecular formula is C47H32N2OS. The van der Waals surface area contributed by atoms with Crippen molar-refractivity contribution in [3.63, 3.8) is 0 Å². The van der Waals surface area contributed by atoms with E-state index in [0.717, 1.165) is 56.0 Å². The third-order valence-electron chi connectivity index (χ3n) is 9.44. The number of hydrogen-bond donors (Lipinski definition) is 1. The molecule has 0 aliphatic carbocycles. The summed E-state index contributed by atoms with van der Waals surface area (Å²) in [5.74, 6) is 0.193. The molecule has 0 aliphatic rings. The smallest absolute Gasteiger partial charge is 0.125 e. The zero-order valence-electron chi connectivity index (χ0n) is 27.9. The molecule has 0 spiro atoms. The first-order chi connectivity index (χ1) is 25.1. The number of hydrogen-bond acceptors (Lipinski definition) is 4. The molecule has 51 heavy (non-hydrogen) atoms. The van der Waals surface area contributed by atoms with E-state index >= 15 is 0 Å². The van der Waals surface area contributed by atoms with Crippen LogP contribution in [0.4, 0.5) is 0 Å². The minimum atomic E-state index is 0.193. The van der Waals surface area contributed by atoms with E-state index in [2.05, 4.69) is 110 Å². The first-order valence-electron chi connectivity index (χ1n) is 17.0. The summed E-state index contributed by atoms with van der Waals surface area (Å²) in [6, 6.07) is 58.5. The second-order valence-electron chi connectivity index (χ2n) is 12.8. The standard InChI is InChI=1S/C47H32N2OS/c1-30-24-37(38-19-11-20-40-39-18-8-9-21-46(39)51-47(38)40)28-42(48-30)34-16-10-17-35(25-34)43-26-36(32-14-6-3-7-15-32)27-44(49-43)41-23-22-33(29-45(41)50)31-12-4-2-5-13-31/h2-29,50H,1H3. The number of aromatic hydroxyl groups is 1. The predicted octanol–water partition coefficient (Wildman–Crippen LogP) is 12.9. The minimum Gasteiger partial charge on any atom is -0.507 e. The van der Waals surface area contributed by atoms with Crippen LogP contribution in [0.5, 0.6) is 5.75 Å². The molecule has 3 heterocycles. The number of phenolic OH excluding ortho intramolecular Hbond substituents is 1. The second kappa shape index (κ2) is 12.8. The molecular weight excluding hydrogens is 641 g/mol. The average molecular weight is 673 g/mol. The molecule has 0 saturated heterocycles. The van der Waals surface area contributed by atoms with E-state index in [4.69, 9.17) is 9.97 Å².